The minimum atomic E-state index is -4.72. The number of alkyl halides is 3. The molecule has 0 spiro atoms. The molecular weight excluding hydrogens is 311 g/mol. The minimum Gasteiger partial charge on any atom is -0.406 e. The third-order valence-corrected chi connectivity index (χ3v) is 2.89. The molecule has 2 rings (SSSR count). The summed E-state index contributed by atoms with van der Waals surface area (Å²) in [5, 5.41) is 2.64. The van der Waals surface area contributed by atoms with E-state index in [0.29, 0.717) is 23.4 Å². The van der Waals surface area contributed by atoms with Crippen LogP contribution in [0.4, 0.5) is 13.2 Å². The second-order valence-corrected chi connectivity index (χ2v) is 4.62. The maximum absolute atomic E-state index is 12.0. The van der Waals surface area contributed by atoms with Crippen molar-refractivity contribution in [1.29, 1.82) is 0 Å². The highest BCUT2D eigenvalue weighted by Crippen LogP contribution is 2.22. The standard InChI is InChI=1S/C15H14F3N3O2/c1-2-13-19-8-11(9-20-13)14(22)21-7-10-3-5-12(6-4-10)23-15(16,17)18/h3-6,8-9H,2,7H2,1H3,(H,21,22). The maximum atomic E-state index is 12.0. The molecule has 0 atom stereocenters. The third-order valence-electron chi connectivity index (χ3n) is 2.89. The van der Waals surface area contributed by atoms with Gasteiger partial charge in [-0.15, -0.1) is 13.2 Å². The average Bonchev–Trinajstić information content (AvgIpc) is 2.52. The molecule has 0 aliphatic carbocycles. The Morgan fingerprint density at radius 2 is 1.78 bits per heavy atom. The van der Waals surface area contributed by atoms with Gasteiger partial charge in [0.15, 0.2) is 0 Å². The van der Waals surface area contributed by atoms with Crippen molar-refractivity contribution in [2.75, 3.05) is 0 Å². The molecule has 1 amide bonds. The van der Waals surface area contributed by atoms with E-state index >= 15 is 0 Å². The molecule has 1 N–H and O–H groups in total. The Bertz CT molecular complexity index is 655. The molecule has 0 bridgehead atoms. The fourth-order valence-electron chi connectivity index (χ4n) is 1.75. The van der Waals surface area contributed by atoms with Crippen molar-refractivity contribution in [3.05, 3.63) is 53.6 Å². The van der Waals surface area contributed by atoms with Gasteiger partial charge < -0.3 is 10.1 Å². The highest BCUT2D eigenvalue weighted by atomic mass is 19.4. The van der Waals surface area contributed by atoms with Gasteiger partial charge in [0.1, 0.15) is 11.6 Å². The molecule has 1 heterocycles. The number of rotatable bonds is 5. The van der Waals surface area contributed by atoms with E-state index in [9.17, 15) is 18.0 Å². The zero-order valence-electron chi connectivity index (χ0n) is 12.2. The van der Waals surface area contributed by atoms with Crippen LogP contribution < -0.4 is 10.1 Å². The molecule has 0 aliphatic rings. The van der Waals surface area contributed by atoms with E-state index in [-0.39, 0.29) is 18.2 Å². The summed E-state index contributed by atoms with van der Waals surface area (Å²) in [5.41, 5.74) is 0.957. The predicted molar refractivity (Wildman–Crippen MR) is 75.7 cm³/mol. The molecule has 1 aromatic heterocycles. The zero-order chi connectivity index (χ0) is 16.9. The predicted octanol–water partition coefficient (Wildman–Crippen LogP) is 2.87. The first-order valence-electron chi connectivity index (χ1n) is 6.81. The van der Waals surface area contributed by atoms with E-state index in [2.05, 4.69) is 20.0 Å². The van der Waals surface area contributed by atoms with E-state index in [1.807, 2.05) is 6.92 Å². The Labute approximate surface area is 130 Å². The topological polar surface area (TPSA) is 64.1 Å². The summed E-state index contributed by atoms with van der Waals surface area (Å²) < 4.78 is 39.9. The molecule has 0 aliphatic heterocycles. The lowest BCUT2D eigenvalue weighted by Gasteiger charge is -2.09. The van der Waals surface area contributed by atoms with E-state index in [1.165, 1.54) is 36.7 Å². The number of amides is 1. The Kier molecular flexibility index (Phi) is 5.15. The Hall–Kier alpha value is -2.64. The molecular formula is C15H14F3N3O2. The van der Waals surface area contributed by atoms with Crippen molar-refractivity contribution in [3.8, 4) is 5.75 Å². The lowest BCUT2D eigenvalue weighted by Crippen LogP contribution is -2.23. The molecule has 0 saturated carbocycles. The van der Waals surface area contributed by atoms with Crippen molar-refractivity contribution >= 4 is 5.91 Å². The summed E-state index contributed by atoms with van der Waals surface area (Å²) in [6, 6.07) is 5.26. The number of hydrogen-bond donors (Lipinski definition) is 1. The average molecular weight is 325 g/mol. The van der Waals surface area contributed by atoms with Gasteiger partial charge in [-0.1, -0.05) is 19.1 Å². The van der Waals surface area contributed by atoms with Crippen LogP contribution in [0, 0.1) is 0 Å². The molecule has 0 radical (unpaired) electrons. The second-order valence-electron chi connectivity index (χ2n) is 4.62. The van der Waals surface area contributed by atoms with Crippen LogP contribution in [-0.2, 0) is 13.0 Å². The third kappa shape index (κ3) is 5.24. The van der Waals surface area contributed by atoms with Crippen molar-refractivity contribution < 1.29 is 22.7 Å². The van der Waals surface area contributed by atoms with Gasteiger partial charge >= 0.3 is 6.36 Å². The summed E-state index contributed by atoms with van der Waals surface area (Å²) in [6.07, 6.45) is -1.18. The van der Waals surface area contributed by atoms with E-state index in [1.54, 1.807) is 0 Å². The molecule has 23 heavy (non-hydrogen) atoms. The number of hydrogen-bond acceptors (Lipinski definition) is 4. The number of aromatic nitrogens is 2. The van der Waals surface area contributed by atoms with Crippen molar-refractivity contribution in [2.24, 2.45) is 0 Å². The minimum absolute atomic E-state index is 0.167. The second kappa shape index (κ2) is 7.08. The smallest absolute Gasteiger partial charge is 0.406 e. The first-order chi connectivity index (χ1) is 10.9. The van der Waals surface area contributed by atoms with Gasteiger partial charge in [0.2, 0.25) is 0 Å². The normalized spacial score (nSPS) is 11.1. The summed E-state index contributed by atoms with van der Waals surface area (Å²) in [5.74, 6) is -0.0267. The van der Waals surface area contributed by atoms with Gasteiger partial charge in [-0.05, 0) is 17.7 Å². The van der Waals surface area contributed by atoms with Crippen LogP contribution in [0.25, 0.3) is 0 Å². The van der Waals surface area contributed by atoms with Gasteiger partial charge in [-0.25, -0.2) is 9.97 Å². The maximum Gasteiger partial charge on any atom is 0.573 e. The molecule has 0 unspecified atom stereocenters. The van der Waals surface area contributed by atoms with Gasteiger partial charge in [0.25, 0.3) is 5.91 Å². The van der Waals surface area contributed by atoms with Crippen LogP contribution in [-0.4, -0.2) is 22.2 Å². The fraction of sp³-hybridized carbons (Fsp3) is 0.267. The fourth-order valence-corrected chi connectivity index (χ4v) is 1.75. The lowest BCUT2D eigenvalue weighted by molar-refractivity contribution is -0.274. The quantitative estimate of drug-likeness (QED) is 0.918. The van der Waals surface area contributed by atoms with Crippen molar-refractivity contribution in [1.82, 2.24) is 15.3 Å². The SMILES string of the molecule is CCc1ncc(C(=O)NCc2ccc(OC(F)(F)F)cc2)cn1. The number of benzene rings is 1. The van der Waals surface area contributed by atoms with Gasteiger partial charge in [-0.3, -0.25) is 4.79 Å². The van der Waals surface area contributed by atoms with Crippen LogP contribution in [0.2, 0.25) is 0 Å². The van der Waals surface area contributed by atoms with E-state index in [4.69, 9.17) is 0 Å². The molecule has 122 valence electrons. The number of carbonyl (C=O) groups excluding carboxylic acids is 1. The highest BCUT2D eigenvalue weighted by molar-refractivity contribution is 5.93. The van der Waals surface area contributed by atoms with Crippen molar-refractivity contribution in [2.45, 2.75) is 26.3 Å². The van der Waals surface area contributed by atoms with Gasteiger partial charge in [0.05, 0.1) is 5.56 Å². The number of aryl methyl sites for hydroxylation is 1. The van der Waals surface area contributed by atoms with E-state index in [0.717, 1.165) is 0 Å². The van der Waals surface area contributed by atoms with Crippen LogP contribution >= 0.6 is 0 Å². The van der Waals surface area contributed by atoms with Crippen LogP contribution in [0.15, 0.2) is 36.7 Å². The summed E-state index contributed by atoms with van der Waals surface area (Å²) in [7, 11) is 0. The van der Waals surface area contributed by atoms with Crippen LogP contribution in [0.5, 0.6) is 5.75 Å². The molecule has 0 fully saturated rings. The van der Waals surface area contributed by atoms with Crippen molar-refractivity contribution in [3.63, 3.8) is 0 Å². The summed E-state index contributed by atoms with van der Waals surface area (Å²) in [4.78, 5) is 20.0. The van der Waals surface area contributed by atoms with Gasteiger partial charge in [-0.2, -0.15) is 0 Å². The number of nitrogens with one attached hydrogen (secondary N) is 1. The number of ether oxygens (including phenoxy) is 1. The first kappa shape index (κ1) is 16.7. The summed E-state index contributed by atoms with van der Waals surface area (Å²) >= 11 is 0. The monoisotopic (exact) mass is 325 g/mol. The number of halogens is 3. The lowest BCUT2D eigenvalue weighted by atomic mass is 10.2. The zero-order valence-corrected chi connectivity index (χ0v) is 12.2. The number of carbonyl (C=O) groups is 1. The Morgan fingerprint density at radius 1 is 1.17 bits per heavy atom. The highest BCUT2D eigenvalue weighted by Gasteiger charge is 2.30. The Morgan fingerprint density at radius 3 is 2.30 bits per heavy atom. The van der Waals surface area contributed by atoms with E-state index < -0.39 is 6.36 Å². The molecule has 1 aromatic carbocycles. The van der Waals surface area contributed by atoms with Crippen LogP contribution in [0.3, 0.4) is 0 Å². The summed E-state index contributed by atoms with van der Waals surface area (Å²) in [6.45, 7) is 2.07. The Balaban J connectivity index is 1.91. The molecule has 5 nitrogen and oxygen atoms in total. The largest absolute Gasteiger partial charge is 0.573 e. The van der Waals surface area contributed by atoms with Crippen LogP contribution in [0.1, 0.15) is 28.7 Å². The number of nitrogens with zero attached hydrogens (tertiary/aromatic N) is 2. The molecule has 0 saturated heterocycles. The first-order valence-corrected chi connectivity index (χ1v) is 6.81. The van der Waals surface area contributed by atoms with Gasteiger partial charge in [0, 0.05) is 25.4 Å². The molecule has 8 heteroatoms. The molecule has 2 aromatic rings.